The fourth-order valence-corrected chi connectivity index (χ4v) is 2.65. The summed E-state index contributed by atoms with van der Waals surface area (Å²) in [6, 6.07) is -2.18. The minimum atomic E-state index is -4.69. The van der Waals surface area contributed by atoms with Crippen molar-refractivity contribution in [2.75, 3.05) is 6.61 Å². The van der Waals surface area contributed by atoms with Crippen molar-refractivity contribution < 1.29 is 26.9 Å². The third-order valence-corrected chi connectivity index (χ3v) is 4.58. The van der Waals surface area contributed by atoms with Gasteiger partial charge in [0.15, 0.2) is 0 Å². The van der Waals surface area contributed by atoms with Crippen molar-refractivity contribution in [2.24, 2.45) is 5.92 Å². The summed E-state index contributed by atoms with van der Waals surface area (Å²) in [5, 5.41) is 0. The SMILES string of the molecule is CCCC[C@H](C(=O)OCC)[C@H](N[S@@](=O)C(C)(C)C)C(F)(F)F. The summed E-state index contributed by atoms with van der Waals surface area (Å²) in [6.45, 7) is 8.07. The van der Waals surface area contributed by atoms with Crippen LogP contribution < -0.4 is 4.72 Å². The Morgan fingerprint density at radius 2 is 1.77 bits per heavy atom. The molecule has 0 aromatic heterocycles. The predicted molar refractivity (Wildman–Crippen MR) is 80.5 cm³/mol. The average molecular weight is 345 g/mol. The van der Waals surface area contributed by atoms with Crippen LogP contribution in [0.4, 0.5) is 13.2 Å². The van der Waals surface area contributed by atoms with Crippen molar-refractivity contribution in [1.29, 1.82) is 0 Å². The molecule has 0 aromatic carbocycles. The topological polar surface area (TPSA) is 55.4 Å². The van der Waals surface area contributed by atoms with E-state index in [2.05, 4.69) is 4.72 Å². The fourth-order valence-electron chi connectivity index (χ4n) is 1.76. The molecule has 0 unspecified atom stereocenters. The maximum atomic E-state index is 13.3. The number of nitrogens with one attached hydrogen (secondary N) is 1. The van der Waals surface area contributed by atoms with Crippen molar-refractivity contribution in [2.45, 2.75) is 70.8 Å². The van der Waals surface area contributed by atoms with E-state index in [4.69, 9.17) is 4.74 Å². The average Bonchev–Trinajstić information content (AvgIpc) is 2.35. The normalized spacial score (nSPS) is 16.9. The molecule has 0 radical (unpaired) electrons. The van der Waals surface area contributed by atoms with Crippen LogP contribution in [0.1, 0.15) is 53.9 Å². The minimum Gasteiger partial charge on any atom is -0.466 e. The van der Waals surface area contributed by atoms with Crippen molar-refractivity contribution in [1.82, 2.24) is 4.72 Å². The van der Waals surface area contributed by atoms with E-state index in [1.807, 2.05) is 6.92 Å². The minimum absolute atomic E-state index is 0.00833. The van der Waals surface area contributed by atoms with E-state index in [1.54, 1.807) is 20.8 Å². The summed E-state index contributed by atoms with van der Waals surface area (Å²) < 4.78 is 58.0. The van der Waals surface area contributed by atoms with Gasteiger partial charge in [-0.15, -0.1) is 0 Å². The van der Waals surface area contributed by atoms with E-state index in [0.717, 1.165) is 0 Å². The van der Waals surface area contributed by atoms with Crippen LogP contribution in [0, 0.1) is 5.92 Å². The van der Waals surface area contributed by atoms with Crippen LogP contribution in [0.5, 0.6) is 0 Å². The van der Waals surface area contributed by atoms with E-state index in [-0.39, 0.29) is 13.0 Å². The van der Waals surface area contributed by atoms with Gasteiger partial charge in [-0.2, -0.15) is 13.2 Å². The number of rotatable bonds is 8. The second kappa shape index (κ2) is 8.86. The lowest BCUT2D eigenvalue weighted by Gasteiger charge is -2.30. The van der Waals surface area contributed by atoms with E-state index in [1.165, 1.54) is 6.92 Å². The van der Waals surface area contributed by atoms with Crippen molar-refractivity contribution in [3.63, 3.8) is 0 Å². The van der Waals surface area contributed by atoms with Crippen LogP contribution >= 0.6 is 0 Å². The third-order valence-electron chi connectivity index (χ3n) is 3.00. The molecule has 3 atom stereocenters. The Balaban J connectivity index is 5.39. The first-order valence-corrected chi connectivity index (χ1v) is 8.51. The van der Waals surface area contributed by atoms with Crippen LogP contribution in [0.25, 0.3) is 0 Å². The zero-order valence-corrected chi connectivity index (χ0v) is 14.6. The Kier molecular flexibility index (Phi) is 8.61. The summed E-state index contributed by atoms with van der Waals surface area (Å²) in [6.07, 6.45) is -3.54. The summed E-state index contributed by atoms with van der Waals surface area (Å²) >= 11 is 0. The van der Waals surface area contributed by atoms with Gasteiger partial charge in [0.2, 0.25) is 0 Å². The first-order valence-electron chi connectivity index (χ1n) is 7.36. The first kappa shape index (κ1) is 21.4. The lowest BCUT2D eigenvalue weighted by molar-refractivity contribution is -0.179. The summed E-state index contributed by atoms with van der Waals surface area (Å²) in [5.41, 5.74) is 0. The molecule has 0 bridgehead atoms. The number of hydrogen-bond acceptors (Lipinski definition) is 3. The smallest absolute Gasteiger partial charge is 0.405 e. The van der Waals surface area contributed by atoms with Crippen LogP contribution in [-0.4, -0.2) is 33.8 Å². The Labute approximate surface area is 132 Å². The molecule has 1 N–H and O–H groups in total. The second-order valence-corrected chi connectivity index (χ2v) is 8.02. The van der Waals surface area contributed by atoms with E-state index in [9.17, 15) is 22.2 Å². The molecule has 0 spiro atoms. The van der Waals surface area contributed by atoms with Gasteiger partial charge < -0.3 is 4.74 Å². The van der Waals surface area contributed by atoms with Crippen LogP contribution in [0.3, 0.4) is 0 Å². The molecular weight excluding hydrogens is 319 g/mol. The molecule has 0 amide bonds. The highest BCUT2D eigenvalue weighted by atomic mass is 32.2. The van der Waals surface area contributed by atoms with E-state index < -0.39 is 39.8 Å². The molecule has 132 valence electrons. The molecule has 0 saturated heterocycles. The summed E-state index contributed by atoms with van der Waals surface area (Å²) in [7, 11) is -1.94. The highest BCUT2D eigenvalue weighted by Crippen LogP contribution is 2.30. The van der Waals surface area contributed by atoms with Gasteiger partial charge in [-0.05, 0) is 34.1 Å². The van der Waals surface area contributed by atoms with Gasteiger partial charge >= 0.3 is 12.1 Å². The molecule has 0 saturated carbocycles. The fraction of sp³-hybridized carbons (Fsp3) is 0.929. The Hall–Kier alpha value is -0.630. The molecule has 0 fully saturated rings. The quantitative estimate of drug-likeness (QED) is 0.687. The number of carbonyl (C=O) groups is 1. The highest BCUT2D eigenvalue weighted by molar-refractivity contribution is 7.84. The number of ether oxygens (including phenoxy) is 1. The maximum absolute atomic E-state index is 13.3. The molecule has 0 aliphatic heterocycles. The molecule has 8 heteroatoms. The zero-order valence-electron chi connectivity index (χ0n) is 13.8. The van der Waals surface area contributed by atoms with Crippen molar-refractivity contribution in [3.05, 3.63) is 0 Å². The molecule has 0 heterocycles. The van der Waals surface area contributed by atoms with Gasteiger partial charge in [-0.1, -0.05) is 19.8 Å². The van der Waals surface area contributed by atoms with Crippen molar-refractivity contribution in [3.8, 4) is 0 Å². The molecule has 4 nitrogen and oxygen atoms in total. The standard InChI is InChI=1S/C14H26F3NO3S/c1-6-8-9-10(12(19)21-7-2)11(14(15,16)17)18-22(20)13(3,4)5/h10-11,18H,6-9H2,1-5H3/t10-,11-,22-/m0/s1. The lowest BCUT2D eigenvalue weighted by Crippen LogP contribution is -2.53. The zero-order chi connectivity index (χ0) is 17.6. The van der Waals surface area contributed by atoms with Crippen LogP contribution in [-0.2, 0) is 20.5 Å². The van der Waals surface area contributed by atoms with Crippen molar-refractivity contribution >= 4 is 17.0 Å². The van der Waals surface area contributed by atoms with Gasteiger partial charge in [0.05, 0.1) is 28.3 Å². The molecule has 0 aromatic rings. The van der Waals surface area contributed by atoms with Gasteiger partial charge in [0.1, 0.15) is 6.04 Å². The monoisotopic (exact) mass is 345 g/mol. The molecule has 0 rings (SSSR count). The third kappa shape index (κ3) is 7.09. The van der Waals surface area contributed by atoms with Gasteiger partial charge in [0.25, 0.3) is 0 Å². The largest absolute Gasteiger partial charge is 0.466 e. The van der Waals surface area contributed by atoms with E-state index in [0.29, 0.717) is 12.8 Å². The lowest BCUT2D eigenvalue weighted by atomic mass is 9.94. The Morgan fingerprint density at radius 3 is 2.14 bits per heavy atom. The molecular formula is C14H26F3NO3S. The maximum Gasteiger partial charge on any atom is 0.405 e. The second-order valence-electron chi connectivity index (χ2n) is 6.02. The number of carbonyl (C=O) groups excluding carboxylic acids is 1. The van der Waals surface area contributed by atoms with Crippen LogP contribution in [0.2, 0.25) is 0 Å². The van der Waals surface area contributed by atoms with Gasteiger partial charge in [-0.3, -0.25) is 4.79 Å². The number of hydrogen-bond donors (Lipinski definition) is 1. The van der Waals surface area contributed by atoms with E-state index >= 15 is 0 Å². The molecule has 0 aliphatic carbocycles. The predicted octanol–water partition coefficient (Wildman–Crippen LogP) is 3.34. The molecule has 0 aliphatic rings. The Bertz CT molecular complexity index is 381. The number of alkyl halides is 3. The highest BCUT2D eigenvalue weighted by Gasteiger charge is 2.49. The van der Waals surface area contributed by atoms with Gasteiger partial charge in [-0.25, -0.2) is 8.93 Å². The summed E-state index contributed by atoms with van der Waals surface area (Å²) in [5.74, 6) is -2.30. The van der Waals surface area contributed by atoms with Crippen LogP contribution in [0.15, 0.2) is 0 Å². The number of unbranched alkanes of at least 4 members (excludes halogenated alkanes) is 1. The molecule has 22 heavy (non-hydrogen) atoms. The number of halogens is 3. The summed E-state index contributed by atoms with van der Waals surface area (Å²) in [4.78, 5) is 11.9. The van der Waals surface area contributed by atoms with Gasteiger partial charge in [0, 0.05) is 0 Å². The Morgan fingerprint density at radius 1 is 1.23 bits per heavy atom. The first-order chi connectivity index (χ1) is 9.95. The number of esters is 1.